The highest BCUT2D eigenvalue weighted by molar-refractivity contribution is 6.39. The molecule has 2 aromatic rings. The zero-order valence-corrected chi connectivity index (χ0v) is 12.1. The molecule has 1 aromatic heterocycles. The first kappa shape index (κ1) is 14.6. The molecule has 0 atom stereocenters. The summed E-state index contributed by atoms with van der Waals surface area (Å²) in [5, 5.41) is 2.14. The van der Waals surface area contributed by atoms with Crippen molar-refractivity contribution in [3.63, 3.8) is 0 Å². The van der Waals surface area contributed by atoms with E-state index in [-0.39, 0.29) is 11.3 Å². The van der Waals surface area contributed by atoms with E-state index in [1.54, 1.807) is 30.3 Å². The van der Waals surface area contributed by atoms with Gasteiger partial charge in [-0.15, -0.1) is 0 Å². The molecule has 0 bridgehead atoms. The van der Waals surface area contributed by atoms with Crippen LogP contribution in [0, 0.1) is 0 Å². The van der Waals surface area contributed by atoms with Crippen LogP contribution in [0.4, 0.5) is 10.5 Å². The fourth-order valence-electron chi connectivity index (χ4n) is 2.21. The number of rotatable bonds is 3. The Balaban J connectivity index is 2.05. The minimum Gasteiger partial charge on any atom is -0.495 e. The molecule has 2 heterocycles. The minimum atomic E-state index is -0.825. The number of anilines is 1. The summed E-state index contributed by atoms with van der Waals surface area (Å²) in [7, 11) is 1.43. The summed E-state index contributed by atoms with van der Waals surface area (Å²) in [6, 6.07) is 7.31. The van der Waals surface area contributed by atoms with E-state index < -0.39 is 17.8 Å². The Morgan fingerprint density at radius 1 is 1.17 bits per heavy atom. The molecular weight excluding hydrogens is 300 g/mol. The number of amides is 4. The van der Waals surface area contributed by atoms with Gasteiger partial charge in [0, 0.05) is 5.56 Å². The van der Waals surface area contributed by atoms with Crippen molar-refractivity contribution in [2.24, 2.45) is 0 Å². The highest BCUT2D eigenvalue weighted by atomic mass is 16.5. The zero-order chi connectivity index (χ0) is 16.4. The van der Waals surface area contributed by atoms with Gasteiger partial charge in [0.1, 0.15) is 11.3 Å². The van der Waals surface area contributed by atoms with Gasteiger partial charge in [-0.1, -0.05) is 12.1 Å². The lowest BCUT2D eigenvalue weighted by Crippen LogP contribution is -2.54. The van der Waals surface area contributed by atoms with Crippen LogP contribution < -0.4 is 15.0 Å². The Hall–Kier alpha value is -3.35. The Morgan fingerprint density at radius 3 is 2.65 bits per heavy atom. The molecule has 1 aromatic carbocycles. The van der Waals surface area contributed by atoms with Crippen LogP contribution in [0.15, 0.2) is 52.8 Å². The van der Waals surface area contributed by atoms with Gasteiger partial charge in [0.25, 0.3) is 11.8 Å². The van der Waals surface area contributed by atoms with E-state index in [4.69, 9.17) is 9.15 Å². The third-order valence-electron chi connectivity index (χ3n) is 3.28. The van der Waals surface area contributed by atoms with Crippen LogP contribution in [0.25, 0.3) is 6.08 Å². The predicted molar refractivity (Wildman–Crippen MR) is 80.7 cm³/mol. The molecule has 1 N–H and O–H groups in total. The Kier molecular flexibility index (Phi) is 3.68. The predicted octanol–water partition coefficient (Wildman–Crippen LogP) is 1.95. The minimum absolute atomic E-state index is 0.170. The van der Waals surface area contributed by atoms with Gasteiger partial charge in [-0.25, -0.2) is 9.69 Å². The number of imide groups is 2. The van der Waals surface area contributed by atoms with Gasteiger partial charge in [0.15, 0.2) is 0 Å². The van der Waals surface area contributed by atoms with Crippen LogP contribution in [0.3, 0.4) is 0 Å². The smallest absolute Gasteiger partial charge is 0.336 e. The van der Waals surface area contributed by atoms with Crippen LogP contribution in [0.2, 0.25) is 0 Å². The first-order valence-electron chi connectivity index (χ1n) is 6.68. The van der Waals surface area contributed by atoms with Crippen LogP contribution in [-0.2, 0) is 9.59 Å². The molecular formula is C16H12N2O5. The van der Waals surface area contributed by atoms with E-state index in [1.807, 2.05) is 0 Å². The maximum Gasteiger partial charge on any atom is 0.336 e. The molecule has 0 aliphatic carbocycles. The van der Waals surface area contributed by atoms with Gasteiger partial charge in [0.2, 0.25) is 0 Å². The fourth-order valence-corrected chi connectivity index (χ4v) is 2.21. The number of benzene rings is 1. The zero-order valence-electron chi connectivity index (χ0n) is 12.1. The van der Waals surface area contributed by atoms with Gasteiger partial charge in [-0.2, -0.15) is 0 Å². The third kappa shape index (κ3) is 2.59. The number of carbonyl (C=O) groups excluding carboxylic acids is 3. The van der Waals surface area contributed by atoms with Gasteiger partial charge < -0.3 is 9.15 Å². The lowest BCUT2D eigenvalue weighted by molar-refractivity contribution is -0.122. The van der Waals surface area contributed by atoms with Crippen LogP contribution >= 0.6 is 0 Å². The number of furan rings is 1. The molecule has 1 fully saturated rings. The SMILES string of the molecule is COc1ccccc1N1C(=O)NC(=O)/C(=C\c2ccoc2)C1=O. The Morgan fingerprint density at radius 2 is 1.96 bits per heavy atom. The molecule has 3 rings (SSSR count). The lowest BCUT2D eigenvalue weighted by Gasteiger charge is -2.27. The molecule has 0 unspecified atom stereocenters. The van der Waals surface area contributed by atoms with E-state index in [1.165, 1.54) is 25.7 Å². The molecule has 1 saturated heterocycles. The standard InChI is InChI=1S/C16H12N2O5/c1-22-13-5-3-2-4-12(13)18-15(20)11(14(19)17-16(18)21)8-10-6-7-23-9-10/h2-9H,1H3,(H,17,19,21)/b11-8+. The summed E-state index contributed by atoms with van der Waals surface area (Å²) >= 11 is 0. The molecule has 4 amide bonds. The quantitative estimate of drug-likeness (QED) is 0.691. The topological polar surface area (TPSA) is 88.8 Å². The van der Waals surface area contributed by atoms with E-state index in [0.29, 0.717) is 11.3 Å². The molecule has 0 saturated carbocycles. The van der Waals surface area contributed by atoms with E-state index >= 15 is 0 Å². The van der Waals surface area contributed by atoms with Crippen molar-refractivity contribution in [2.75, 3.05) is 12.0 Å². The summed E-state index contributed by atoms with van der Waals surface area (Å²) < 4.78 is 10.1. The van der Waals surface area contributed by atoms with Crippen LogP contribution in [0.5, 0.6) is 5.75 Å². The van der Waals surface area contributed by atoms with Gasteiger partial charge in [-0.3, -0.25) is 14.9 Å². The normalized spacial score (nSPS) is 16.7. The highest BCUT2D eigenvalue weighted by Crippen LogP contribution is 2.30. The first-order valence-corrected chi connectivity index (χ1v) is 6.68. The first-order chi connectivity index (χ1) is 11.1. The number of ether oxygens (including phenoxy) is 1. The fraction of sp³-hybridized carbons (Fsp3) is 0.0625. The number of hydrogen-bond acceptors (Lipinski definition) is 5. The number of para-hydroxylation sites is 2. The van der Waals surface area contributed by atoms with Crippen molar-refractivity contribution in [3.05, 3.63) is 54.0 Å². The number of barbiturate groups is 1. The Labute approximate surface area is 131 Å². The van der Waals surface area contributed by atoms with Crippen LogP contribution in [0.1, 0.15) is 5.56 Å². The Bertz CT molecular complexity index is 808. The van der Waals surface area contributed by atoms with Crippen LogP contribution in [-0.4, -0.2) is 25.0 Å². The molecule has 1 aliphatic heterocycles. The van der Waals surface area contributed by atoms with E-state index in [2.05, 4.69) is 5.32 Å². The van der Waals surface area contributed by atoms with Gasteiger partial charge in [-0.05, 0) is 24.3 Å². The molecule has 23 heavy (non-hydrogen) atoms. The number of carbonyl (C=O) groups is 3. The number of nitrogens with one attached hydrogen (secondary N) is 1. The van der Waals surface area contributed by atoms with E-state index in [0.717, 1.165) is 4.90 Å². The molecule has 0 radical (unpaired) electrons. The van der Waals surface area contributed by atoms with Crippen molar-refractivity contribution in [2.45, 2.75) is 0 Å². The molecule has 1 aliphatic rings. The average molecular weight is 312 g/mol. The third-order valence-corrected chi connectivity index (χ3v) is 3.28. The average Bonchev–Trinajstić information content (AvgIpc) is 3.05. The lowest BCUT2D eigenvalue weighted by atomic mass is 10.1. The van der Waals surface area contributed by atoms with Crippen molar-refractivity contribution >= 4 is 29.6 Å². The van der Waals surface area contributed by atoms with E-state index in [9.17, 15) is 14.4 Å². The highest BCUT2D eigenvalue weighted by Gasteiger charge is 2.38. The largest absolute Gasteiger partial charge is 0.495 e. The van der Waals surface area contributed by atoms with Gasteiger partial charge in [0.05, 0.1) is 25.3 Å². The molecule has 7 heteroatoms. The van der Waals surface area contributed by atoms with Gasteiger partial charge >= 0.3 is 6.03 Å². The number of urea groups is 1. The maximum absolute atomic E-state index is 12.6. The summed E-state index contributed by atoms with van der Waals surface area (Å²) in [5.74, 6) is -1.15. The number of hydrogen-bond donors (Lipinski definition) is 1. The number of nitrogens with zero attached hydrogens (tertiary/aromatic N) is 1. The summed E-state index contributed by atoms with van der Waals surface area (Å²) in [4.78, 5) is 37.6. The maximum atomic E-state index is 12.6. The summed E-state index contributed by atoms with van der Waals surface area (Å²) in [6.07, 6.45) is 4.16. The summed E-state index contributed by atoms with van der Waals surface area (Å²) in [6.45, 7) is 0. The van der Waals surface area contributed by atoms with Crippen molar-refractivity contribution in [1.82, 2.24) is 5.32 Å². The molecule has 116 valence electrons. The second-order valence-corrected chi connectivity index (χ2v) is 4.69. The number of methoxy groups -OCH3 is 1. The second kappa shape index (κ2) is 5.80. The molecule has 0 spiro atoms. The van der Waals surface area contributed by atoms with Crippen molar-refractivity contribution in [1.29, 1.82) is 0 Å². The monoisotopic (exact) mass is 312 g/mol. The summed E-state index contributed by atoms with van der Waals surface area (Å²) in [5.41, 5.74) is 0.623. The second-order valence-electron chi connectivity index (χ2n) is 4.69. The van der Waals surface area contributed by atoms with Crippen molar-refractivity contribution in [3.8, 4) is 5.75 Å². The molecule has 7 nitrogen and oxygen atoms in total. The van der Waals surface area contributed by atoms with Crippen molar-refractivity contribution < 1.29 is 23.5 Å².